The van der Waals surface area contributed by atoms with E-state index < -0.39 is 6.09 Å². The normalized spacial score (nSPS) is 15.7. The first-order valence-corrected chi connectivity index (χ1v) is 12.2. The number of nitrogens with two attached hydrogens (primary N) is 1. The van der Waals surface area contributed by atoms with E-state index in [-0.39, 0.29) is 25.0 Å². The van der Waals surface area contributed by atoms with Crippen LogP contribution < -0.4 is 15.8 Å². The van der Waals surface area contributed by atoms with Crippen molar-refractivity contribution < 1.29 is 23.8 Å². The van der Waals surface area contributed by atoms with Crippen LogP contribution in [0.5, 0.6) is 5.75 Å². The minimum absolute atomic E-state index is 0.0722. The zero-order valence-electron chi connectivity index (χ0n) is 19.0. The van der Waals surface area contributed by atoms with Crippen LogP contribution in [0.4, 0.5) is 4.79 Å². The predicted molar refractivity (Wildman–Crippen MR) is 133 cm³/mol. The number of cyclic esters (lactones) is 1. The molecule has 1 aliphatic heterocycles. The van der Waals surface area contributed by atoms with Crippen LogP contribution in [0, 0.1) is 5.92 Å². The molecular weight excluding hydrogens is 526 g/mol. The van der Waals surface area contributed by atoms with Crippen LogP contribution in [0.3, 0.4) is 0 Å². The maximum Gasteiger partial charge on any atom is 0.410 e. The number of amides is 2. The lowest BCUT2D eigenvalue weighted by Crippen LogP contribution is -2.44. The van der Waals surface area contributed by atoms with E-state index in [4.69, 9.17) is 31.5 Å². The number of hydrogen-bond acceptors (Lipinski definition) is 6. The Morgan fingerprint density at radius 1 is 1.32 bits per heavy atom. The van der Waals surface area contributed by atoms with Gasteiger partial charge in [-0.25, -0.2) is 4.79 Å². The van der Waals surface area contributed by atoms with Gasteiger partial charge >= 0.3 is 6.09 Å². The number of carbonyl (C=O) groups excluding carboxylic acids is 2. The van der Waals surface area contributed by atoms with E-state index in [0.717, 1.165) is 15.6 Å². The number of methoxy groups -OCH3 is 1. The highest BCUT2D eigenvalue weighted by molar-refractivity contribution is 9.10. The van der Waals surface area contributed by atoms with E-state index in [1.54, 1.807) is 36.3 Å². The van der Waals surface area contributed by atoms with E-state index in [1.807, 2.05) is 12.1 Å². The second kappa shape index (κ2) is 12.9. The second-order valence-electron chi connectivity index (χ2n) is 8.05. The molecule has 0 spiro atoms. The molecule has 2 aromatic rings. The Morgan fingerprint density at radius 2 is 2.15 bits per heavy atom. The fourth-order valence-corrected chi connectivity index (χ4v) is 4.30. The minimum Gasteiger partial charge on any atom is -0.489 e. The smallest absolute Gasteiger partial charge is 0.410 e. The van der Waals surface area contributed by atoms with Gasteiger partial charge in [0.2, 0.25) is 0 Å². The van der Waals surface area contributed by atoms with E-state index in [1.165, 1.54) is 0 Å². The Labute approximate surface area is 212 Å². The quantitative estimate of drug-likeness (QED) is 0.408. The molecular formula is C24H29BrClN3O5. The van der Waals surface area contributed by atoms with Crippen molar-refractivity contribution in [1.29, 1.82) is 0 Å². The van der Waals surface area contributed by atoms with Gasteiger partial charge in [0.05, 0.1) is 6.61 Å². The molecule has 0 bridgehead atoms. The topological polar surface area (TPSA) is 103 Å². The molecule has 0 aromatic heterocycles. The summed E-state index contributed by atoms with van der Waals surface area (Å²) < 4.78 is 17.1. The summed E-state index contributed by atoms with van der Waals surface area (Å²) >= 11 is 9.52. The average Bonchev–Trinajstić information content (AvgIpc) is 2.82. The predicted octanol–water partition coefficient (Wildman–Crippen LogP) is 3.97. The molecule has 1 fully saturated rings. The Kier molecular flexibility index (Phi) is 10.0. The molecule has 10 heteroatoms. The van der Waals surface area contributed by atoms with Crippen molar-refractivity contribution in [3.63, 3.8) is 0 Å². The van der Waals surface area contributed by atoms with Crippen LogP contribution in [0.2, 0.25) is 5.02 Å². The second-order valence-corrected chi connectivity index (χ2v) is 9.34. The number of halogens is 2. The van der Waals surface area contributed by atoms with Crippen LogP contribution in [-0.2, 0) is 22.6 Å². The van der Waals surface area contributed by atoms with Gasteiger partial charge < -0.3 is 30.2 Å². The zero-order valence-corrected chi connectivity index (χ0v) is 21.4. The molecule has 8 nitrogen and oxygen atoms in total. The molecule has 0 saturated carbocycles. The van der Waals surface area contributed by atoms with Crippen molar-refractivity contribution in [2.24, 2.45) is 11.7 Å². The van der Waals surface area contributed by atoms with E-state index >= 15 is 0 Å². The van der Waals surface area contributed by atoms with Gasteiger partial charge in [-0.3, -0.25) is 4.79 Å². The molecule has 184 valence electrons. The van der Waals surface area contributed by atoms with Gasteiger partial charge in [-0.05, 0) is 42.3 Å². The highest BCUT2D eigenvalue weighted by atomic mass is 79.9. The van der Waals surface area contributed by atoms with Crippen molar-refractivity contribution in [1.82, 2.24) is 10.2 Å². The summed E-state index contributed by atoms with van der Waals surface area (Å²) in [6.45, 7) is 2.85. The lowest BCUT2D eigenvalue weighted by atomic mass is 10.1. The summed E-state index contributed by atoms with van der Waals surface area (Å²) in [5.41, 5.74) is 7.87. The lowest BCUT2D eigenvalue weighted by Gasteiger charge is -2.31. The third-order valence-electron chi connectivity index (χ3n) is 5.33. The van der Waals surface area contributed by atoms with Crippen molar-refractivity contribution in [3.8, 4) is 5.75 Å². The number of nitrogens with zero attached hydrogens (tertiary/aromatic N) is 1. The molecule has 2 amide bonds. The lowest BCUT2D eigenvalue weighted by molar-refractivity contribution is 0.0425. The highest BCUT2D eigenvalue weighted by Crippen LogP contribution is 2.25. The molecule has 0 aliphatic carbocycles. The van der Waals surface area contributed by atoms with Crippen LogP contribution in [0.25, 0.3) is 0 Å². The highest BCUT2D eigenvalue weighted by Gasteiger charge is 2.26. The number of hydrogen-bond donors (Lipinski definition) is 2. The van der Waals surface area contributed by atoms with Gasteiger partial charge in [0.15, 0.2) is 0 Å². The molecule has 1 saturated heterocycles. The number of nitrogens with one attached hydrogen (secondary N) is 1. The summed E-state index contributed by atoms with van der Waals surface area (Å²) in [6, 6.07) is 10.7. The maximum absolute atomic E-state index is 12.8. The van der Waals surface area contributed by atoms with E-state index in [0.29, 0.717) is 55.6 Å². The molecule has 3 rings (SSSR count). The first-order chi connectivity index (χ1) is 16.4. The Hall–Kier alpha value is -2.33. The first-order valence-electron chi connectivity index (χ1n) is 11.0. The van der Waals surface area contributed by atoms with Gasteiger partial charge in [0.1, 0.15) is 12.4 Å². The zero-order chi connectivity index (χ0) is 24.5. The molecule has 1 atom stereocenters. The van der Waals surface area contributed by atoms with Gasteiger partial charge in [-0.15, -0.1) is 0 Å². The van der Waals surface area contributed by atoms with Crippen LogP contribution in [-0.4, -0.2) is 56.9 Å². The Morgan fingerprint density at radius 3 is 2.88 bits per heavy atom. The van der Waals surface area contributed by atoms with Gasteiger partial charge in [-0.2, -0.15) is 0 Å². The molecule has 0 radical (unpaired) electrons. The molecule has 1 unspecified atom stereocenters. The summed E-state index contributed by atoms with van der Waals surface area (Å²) in [5, 5.41) is 3.51. The third-order valence-corrected chi connectivity index (χ3v) is 6.31. The van der Waals surface area contributed by atoms with E-state index in [9.17, 15) is 9.59 Å². The standard InChI is InChI=1S/C24H29BrClN3O5/c1-32-6-2-5-28-23(30)19-7-16(12-29-13-17(11-27)14-34-24(29)31)8-21(9-19)33-15-18-3-4-20(26)10-22(18)25/h3-4,7-10,17H,2,5-6,11-15,27H2,1H3,(H,28,30). The maximum atomic E-state index is 12.8. The largest absolute Gasteiger partial charge is 0.489 e. The van der Waals surface area contributed by atoms with Crippen molar-refractivity contribution in [2.45, 2.75) is 19.6 Å². The van der Waals surface area contributed by atoms with Crippen molar-refractivity contribution >= 4 is 39.5 Å². The molecule has 34 heavy (non-hydrogen) atoms. The van der Waals surface area contributed by atoms with Crippen LogP contribution >= 0.6 is 27.5 Å². The van der Waals surface area contributed by atoms with Crippen molar-refractivity contribution in [2.75, 3.05) is 40.0 Å². The fraction of sp³-hybridized carbons (Fsp3) is 0.417. The van der Waals surface area contributed by atoms with E-state index in [2.05, 4.69) is 21.2 Å². The molecule has 3 N–H and O–H groups in total. The number of carbonyl (C=O) groups is 2. The number of rotatable bonds is 11. The molecule has 1 aliphatic rings. The number of ether oxygens (including phenoxy) is 3. The third kappa shape index (κ3) is 7.59. The molecule has 1 heterocycles. The van der Waals surface area contributed by atoms with Gasteiger partial charge in [-0.1, -0.05) is 33.6 Å². The monoisotopic (exact) mass is 553 g/mol. The van der Waals surface area contributed by atoms with Crippen LogP contribution in [0.1, 0.15) is 27.9 Å². The summed E-state index contributed by atoms with van der Waals surface area (Å²) in [4.78, 5) is 26.6. The van der Waals surface area contributed by atoms with Crippen molar-refractivity contribution in [3.05, 3.63) is 62.6 Å². The SMILES string of the molecule is COCCCNC(=O)c1cc(CN2CC(CN)COC2=O)cc(OCc2ccc(Cl)cc2Br)c1. The molecule has 2 aromatic carbocycles. The first kappa shape index (κ1) is 26.3. The Balaban J connectivity index is 1.79. The minimum atomic E-state index is -0.397. The van der Waals surface area contributed by atoms with Gasteiger partial charge in [0, 0.05) is 66.4 Å². The summed E-state index contributed by atoms with van der Waals surface area (Å²) in [5.74, 6) is 0.363. The van der Waals surface area contributed by atoms with Gasteiger partial charge in [0.25, 0.3) is 5.91 Å². The Bertz CT molecular complexity index is 1010. The summed E-state index contributed by atoms with van der Waals surface area (Å²) in [6.07, 6.45) is 0.308. The average molecular weight is 555 g/mol. The fourth-order valence-electron chi connectivity index (χ4n) is 3.50. The summed E-state index contributed by atoms with van der Waals surface area (Å²) in [7, 11) is 1.62. The number of benzene rings is 2. The van der Waals surface area contributed by atoms with Crippen LogP contribution in [0.15, 0.2) is 40.9 Å².